The van der Waals surface area contributed by atoms with Crippen molar-refractivity contribution in [3.05, 3.63) is 0 Å². The second kappa shape index (κ2) is 13.8. The summed E-state index contributed by atoms with van der Waals surface area (Å²) in [6.07, 6.45) is 9.56. The predicted octanol–water partition coefficient (Wildman–Crippen LogP) is 2.86. The van der Waals surface area contributed by atoms with Gasteiger partial charge in [0.1, 0.15) is 0 Å². The van der Waals surface area contributed by atoms with E-state index in [1.54, 1.807) is 0 Å². The van der Waals surface area contributed by atoms with E-state index in [2.05, 4.69) is 28.2 Å². The van der Waals surface area contributed by atoms with E-state index in [1.807, 2.05) is 0 Å². The van der Waals surface area contributed by atoms with Gasteiger partial charge >= 0.3 is 5.97 Å². The maximum atomic E-state index is 10.2. The van der Waals surface area contributed by atoms with Crippen molar-refractivity contribution in [3.8, 4) is 0 Å². The first-order chi connectivity index (χ1) is 8.77. The number of quaternary nitrogens is 1. The molecule has 0 aliphatic heterocycles. The Balaban J connectivity index is 0. The fraction of sp³-hybridized carbons (Fsp3) is 0.933. The number of rotatable bonds is 10. The molecule has 0 aliphatic rings. The summed E-state index contributed by atoms with van der Waals surface area (Å²) in [5.41, 5.74) is 5.38. The van der Waals surface area contributed by atoms with Crippen LogP contribution in [0.3, 0.4) is 0 Å². The summed E-state index contributed by atoms with van der Waals surface area (Å²) in [5, 5.41) is 8.40. The van der Waals surface area contributed by atoms with Crippen molar-refractivity contribution in [2.75, 3.05) is 34.7 Å². The van der Waals surface area contributed by atoms with E-state index in [-0.39, 0.29) is 0 Å². The minimum atomic E-state index is -0.673. The summed E-state index contributed by atoms with van der Waals surface area (Å²) in [5.74, 6) is -0.673. The number of carboxylic acids is 1. The van der Waals surface area contributed by atoms with Gasteiger partial charge in [-0.05, 0) is 19.4 Å². The minimum Gasteiger partial charge on any atom is -0.481 e. The highest BCUT2D eigenvalue weighted by molar-refractivity contribution is 5.66. The molecule has 0 saturated heterocycles. The molecule has 0 aromatic heterocycles. The van der Waals surface area contributed by atoms with Crippen molar-refractivity contribution in [3.63, 3.8) is 0 Å². The van der Waals surface area contributed by atoms with Crippen molar-refractivity contribution in [2.24, 2.45) is 5.73 Å². The largest absolute Gasteiger partial charge is 0.481 e. The third-order valence-corrected chi connectivity index (χ3v) is 2.34. The Kier molecular flexibility index (Phi) is 15.1. The number of unbranched alkanes of at least 4 members (excludes halogenated alkanes) is 7. The first-order valence-corrected chi connectivity index (χ1v) is 7.48. The second-order valence-corrected chi connectivity index (χ2v) is 6.44. The molecule has 4 heteroatoms. The van der Waals surface area contributed by atoms with Gasteiger partial charge in [0.2, 0.25) is 0 Å². The molecule has 0 fully saturated rings. The van der Waals surface area contributed by atoms with Crippen LogP contribution in [0.2, 0.25) is 0 Å². The van der Waals surface area contributed by atoms with Gasteiger partial charge in [-0.25, -0.2) is 0 Å². The number of carbonyl (C=O) groups is 1. The molecule has 0 unspecified atom stereocenters. The molecule has 4 nitrogen and oxygen atoms in total. The van der Waals surface area contributed by atoms with Crippen LogP contribution < -0.4 is 5.73 Å². The van der Waals surface area contributed by atoms with Gasteiger partial charge in [0.25, 0.3) is 0 Å². The lowest BCUT2D eigenvalue weighted by molar-refractivity contribution is -0.849. The maximum absolute atomic E-state index is 10.2. The van der Waals surface area contributed by atoms with Gasteiger partial charge in [0.05, 0.1) is 28.2 Å². The van der Waals surface area contributed by atoms with E-state index in [0.29, 0.717) is 6.42 Å². The molecule has 0 aromatic rings. The lowest BCUT2D eigenvalue weighted by Crippen LogP contribution is -2.27. The van der Waals surface area contributed by atoms with Crippen LogP contribution >= 0.6 is 0 Å². The summed E-state index contributed by atoms with van der Waals surface area (Å²) in [7, 11) is 8.50. The lowest BCUT2D eigenvalue weighted by atomic mass is 10.1. The van der Waals surface area contributed by atoms with Crippen LogP contribution in [0.5, 0.6) is 0 Å². The number of aliphatic carboxylic acids is 1. The second-order valence-electron chi connectivity index (χ2n) is 6.44. The van der Waals surface area contributed by atoms with Crippen molar-refractivity contribution in [2.45, 2.75) is 57.8 Å². The first-order valence-electron chi connectivity index (χ1n) is 7.48. The minimum absolute atomic E-state index is 0.327. The van der Waals surface area contributed by atoms with Gasteiger partial charge in [-0.3, -0.25) is 4.79 Å². The zero-order valence-corrected chi connectivity index (χ0v) is 13.5. The van der Waals surface area contributed by atoms with Crippen LogP contribution in [0.1, 0.15) is 57.8 Å². The molecule has 0 saturated carbocycles. The Morgan fingerprint density at radius 2 is 1.16 bits per heavy atom. The molecule has 0 atom stereocenters. The molecule has 0 amide bonds. The molecule has 0 radical (unpaired) electrons. The molecule has 3 N–H and O–H groups in total. The monoisotopic (exact) mass is 275 g/mol. The zero-order valence-electron chi connectivity index (χ0n) is 13.5. The van der Waals surface area contributed by atoms with Crippen molar-refractivity contribution >= 4 is 5.97 Å². The van der Waals surface area contributed by atoms with Crippen LogP contribution in [0.15, 0.2) is 0 Å². The molecule has 0 aromatic carbocycles. The zero-order chi connectivity index (χ0) is 15.1. The predicted molar refractivity (Wildman–Crippen MR) is 82.2 cm³/mol. The average Bonchev–Trinajstić information content (AvgIpc) is 2.24. The molecule has 0 bridgehead atoms. The Morgan fingerprint density at radius 3 is 1.47 bits per heavy atom. The highest BCUT2D eigenvalue weighted by atomic mass is 16.4. The van der Waals surface area contributed by atoms with E-state index in [0.717, 1.165) is 30.3 Å². The fourth-order valence-corrected chi connectivity index (χ4v) is 1.48. The van der Waals surface area contributed by atoms with Gasteiger partial charge in [-0.15, -0.1) is 0 Å². The van der Waals surface area contributed by atoms with Crippen molar-refractivity contribution in [1.29, 1.82) is 0 Å². The number of carboxylic acid groups (broad SMARTS) is 1. The third-order valence-electron chi connectivity index (χ3n) is 2.34. The quantitative estimate of drug-likeness (QED) is 0.476. The highest BCUT2D eigenvalue weighted by Crippen LogP contribution is 2.09. The summed E-state index contributed by atoms with van der Waals surface area (Å²) < 4.78 is 1.00. The Labute approximate surface area is 119 Å². The molecule has 0 aliphatic carbocycles. The number of nitrogens with two attached hydrogens (primary N) is 1. The van der Waals surface area contributed by atoms with Gasteiger partial charge in [-0.1, -0.05) is 38.5 Å². The van der Waals surface area contributed by atoms with E-state index >= 15 is 0 Å². The summed E-state index contributed by atoms with van der Waals surface area (Å²) in [6.45, 7) is 0.804. The number of hydrogen-bond acceptors (Lipinski definition) is 2. The van der Waals surface area contributed by atoms with E-state index in [9.17, 15) is 4.79 Å². The molecular formula is C15H35N2O2+. The fourth-order valence-electron chi connectivity index (χ4n) is 1.48. The molecule has 19 heavy (non-hydrogen) atoms. The van der Waals surface area contributed by atoms with Crippen molar-refractivity contribution in [1.82, 2.24) is 0 Å². The number of nitrogens with zero attached hydrogens (tertiary/aromatic N) is 1. The number of hydrogen-bond donors (Lipinski definition) is 2. The third kappa shape index (κ3) is 38.2. The Morgan fingerprint density at radius 1 is 0.842 bits per heavy atom. The SMILES string of the molecule is C[N+](C)(C)C.NCCCCCCCCCCC(=O)O. The lowest BCUT2D eigenvalue weighted by Gasteiger charge is -2.14. The van der Waals surface area contributed by atoms with E-state index in [4.69, 9.17) is 10.8 Å². The van der Waals surface area contributed by atoms with Crippen LogP contribution in [-0.4, -0.2) is 50.3 Å². The highest BCUT2D eigenvalue weighted by Gasteiger charge is 1.96. The summed E-state index contributed by atoms with van der Waals surface area (Å²) in [4.78, 5) is 10.2. The standard InChI is InChI=1S/C11H23NO2.C4H12N/c12-10-8-6-4-2-1-3-5-7-9-11(13)14;1-5(2,3)4/h1-10,12H2,(H,13,14);1-4H3/q;+1. The average molecular weight is 275 g/mol. The van der Waals surface area contributed by atoms with Gasteiger partial charge in [-0.2, -0.15) is 0 Å². The van der Waals surface area contributed by atoms with Crippen molar-refractivity contribution < 1.29 is 14.4 Å². The smallest absolute Gasteiger partial charge is 0.303 e. The van der Waals surface area contributed by atoms with E-state index in [1.165, 1.54) is 32.1 Å². The van der Waals surface area contributed by atoms with Gasteiger partial charge < -0.3 is 15.3 Å². The maximum Gasteiger partial charge on any atom is 0.303 e. The van der Waals surface area contributed by atoms with Gasteiger partial charge in [0, 0.05) is 6.42 Å². The van der Waals surface area contributed by atoms with Crippen LogP contribution in [0.25, 0.3) is 0 Å². The summed E-state index contributed by atoms with van der Waals surface area (Å²) >= 11 is 0. The first kappa shape index (κ1) is 20.7. The van der Waals surface area contributed by atoms with Gasteiger partial charge in [0.15, 0.2) is 0 Å². The topological polar surface area (TPSA) is 63.3 Å². The molecular weight excluding hydrogens is 240 g/mol. The van der Waals surface area contributed by atoms with E-state index < -0.39 is 5.97 Å². The Hall–Kier alpha value is -0.610. The molecule has 0 spiro atoms. The molecule has 116 valence electrons. The van der Waals surface area contributed by atoms with Crippen LogP contribution in [-0.2, 0) is 4.79 Å². The molecule has 0 heterocycles. The summed E-state index contributed by atoms with van der Waals surface area (Å²) in [6, 6.07) is 0. The normalized spacial score (nSPS) is 10.8. The van der Waals surface area contributed by atoms with Crippen LogP contribution in [0, 0.1) is 0 Å². The molecule has 0 rings (SSSR count). The Bertz CT molecular complexity index is 195. The van der Waals surface area contributed by atoms with Crippen LogP contribution in [0.4, 0.5) is 0 Å².